The minimum atomic E-state index is -3.94. The van der Waals surface area contributed by atoms with Crippen LogP contribution in [0.15, 0.2) is 52.4 Å². The summed E-state index contributed by atoms with van der Waals surface area (Å²) in [7, 11) is -1.32. The number of carbonyl (C=O) groups excluding carboxylic acids is 1. The lowest BCUT2D eigenvalue weighted by Crippen LogP contribution is -2.37. The molecule has 0 fully saturated rings. The summed E-state index contributed by atoms with van der Waals surface area (Å²) in [5.41, 5.74) is 0.899. The second-order valence-corrected chi connectivity index (χ2v) is 9.15. The largest absolute Gasteiger partial charge is 0.494 e. The molecule has 4 rings (SSSR count). The van der Waals surface area contributed by atoms with Crippen LogP contribution < -0.4 is 5.32 Å². The minimum absolute atomic E-state index is 0.0378. The minimum Gasteiger partial charge on any atom is -0.494 e. The Morgan fingerprint density at radius 2 is 2.03 bits per heavy atom. The number of amides is 1. The number of rotatable bonds is 5. The van der Waals surface area contributed by atoms with Gasteiger partial charge in [0.2, 0.25) is 0 Å². The van der Waals surface area contributed by atoms with Crippen LogP contribution in [0.1, 0.15) is 5.56 Å². The SMILES string of the molecule is COC1=C(C(=O)Nc2nc(-c3ccc([N+](=O)[O-])[nH]3)cs2)N(C)S(=O)(=O)c2ccccc21. The molecule has 0 unspecified atom stereocenters. The highest BCUT2D eigenvalue weighted by Crippen LogP contribution is 2.36. The molecule has 1 aliphatic rings. The van der Waals surface area contributed by atoms with Gasteiger partial charge in [0.15, 0.2) is 22.3 Å². The Morgan fingerprint density at radius 3 is 2.71 bits per heavy atom. The molecule has 0 aliphatic carbocycles. The van der Waals surface area contributed by atoms with Crippen molar-refractivity contribution in [3.63, 3.8) is 0 Å². The van der Waals surface area contributed by atoms with E-state index < -0.39 is 20.9 Å². The molecule has 0 saturated carbocycles. The van der Waals surface area contributed by atoms with Crippen molar-refractivity contribution in [2.45, 2.75) is 4.90 Å². The Hall–Kier alpha value is -3.71. The number of fused-ring (bicyclic) bond motifs is 1. The summed E-state index contributed by atoms with van der Waals surface area (Å²) >= 11 is 1.09. The van der Waals surface area contributed by atoms with E-state index in [1.165, 1.54) is 32.4 Å². The van der Waals surface area contributed by atoms with E-state index in [-0.39, 0.29) is 32.9 Å². The molecule has 0 radical (unpaired) electrons. The average Bonchev–Trinajstić information content (AvgIpc) is 3.40. The van der Waals surface area contributed by atoms with E-state index >= 15 is 0 Å². The maximum absolute atomic E-state index is 13.0. The number of methoxy groups -OCH3 is 1. The molecule has 13 heteroatoms. The summed E-state index contributed by atoms with van der Waals surface area (Å²) < 4.78 is 32.0. The van der Waals surface area contributed by atoms with Gasteiger partial charge in [0.05, 0.1) is 12.0 Å². The fraction of sp³-hybridized carbons (Fsp3) is 0.111. The first-order valence-corrected chi connectivity index (χ1v) is 11.0. The van der Waals surface area contributed by atoms with Gasteiger partial charge in [-0.1, -0.05) is 12.1 Å². The highest BCUT2D eigenvalue weighted by atomic mass is 32.2. The molecule has 2 N–H and O–H groups in total. The van der Waals surface area contributed by atoms with E-state index in [2.05, 4.69) is 15.3 Å². The van der Waals surface area contributed by atoms with Crippen LogP contribution in [0.4, 0.5) is 10.9 Å². The van der Waals surface area contributed by atoms with E-state index in [4.69, 9.17) is 4.74 Å². The van der Waals surface area contributed by atoms with Gasteiger partial charge in [0.1, 0.15) is 5.69 Å². The molecular formula is C18H15N5O6S2. The van der Waals surface area contributed by atoms with Gasteiger partial charge in [0.25, 0.3) is 15.9 Å². The molecule has 31 heavy (non-hydrogen) atoms. The highest BCUT2D eigenvalue weighted by molar-refractivity contribution is 7.89. The molecule has 1 aliphatic heterocycles. The zero-order chi connectivity index (χ0) is 22.3. The normalized spacial score (nSPS) is 14.8. The molecule has 160 valence electrons. The molecule has 0 bridgehead atoms. The van der Waals surface area contributed by atoms with Crippen LogP contribution in [0.3, 0.4) is 0 Å². The fourth-order valence-electron chi connectivity index (χ4n) is 3.12. The molecule has 0 atom stereocenters. The summed E-state index contributed by atoms with van der Waals surface area (Å²) in [6.45, 7) is 0. The third-order valence-electron chi connectivity index (χ3n) is 4.59. The third kappa shape index (κ3) is 3.43. The van der Waals surface area contributed by atoms with Crippen molar-refractivity contribution in [1.29, 1.82) is 0 Å². The van der Waals surface area contributed by atoms with Gasteiger partial charge in [-0.05, 0) is 23.1 Å². The Balaban J connectivity index is 1.67. The van der Waals surface area contributed by atoms with Crippen LogP contribution in [0.5, 0.6) is 0 Å². The number of thiazole rings is 1. The zero-order valence-corrected chi connectivity index (χ0v) is 17.8. The number of likely N-dealkylation sites (N-methyl/N-ethyl adjacent to an activating group) is 1. The number of hydrogen-bond donors (Lipinski definition) is 2. The predicted molar refractivity (Wildman–Crippen MR) is 113 cm³/mol. The standard InChI is InChI=1S/C18H15N5O6S2/c1-22-15(16(29-2)10-5-3-4-6-13(10)31(22,27)28)17(24)21-18-20-12(9-30-18)11-7-8-14(19-11)23(25)26/h3-9,19H,1-2H3,(H,20,21,24). The van der Waals surface area contributed by atoms with Crippen molar-refractivity contribution >= 4 is 44.0 Å². The van der Waals surface area contributed by atoms with E-state index in [1.54, 1.807) is 23.6 Å². The van der Waals surface area contributed by atoms with Crippen LogP contribution in [0.2, 0.25) is 0 Å². The lowest BCUT2D eigenvalue weighted by atomic mass is 10.1. The second-order valence-electron chi connectivity index (χ2n) is 6.36. The summed E-state index contributed by atoms with van der Waals surface area (Å²) in [4.78, 5) is 30.2. The number of aromatic amines is 1. The molecule has 3 heterocycles. The van der Waals surface area contributed by atoms with Gasteiger partial charge in [0, 0.05) is 24.1 Å². The van der Waals surface area contributed by atoms with E-state index in [9.17, 15) is 23.3 Å². The number of benzene rings is 1. The number of nitrogens with zero attached hydrogens (tertiary/aromatic N) is 3. The Kier molecular flexibility index (Phi) is 4.99. The van der Waals surface area contributed by atoms with Crippen LogP contribution in [0.25, 0.3) is 17.1 Å². The molecule has 0 saturated heterocycles. The quantitative estimate of drug-likeness (QED) is 0.438. The molecule has 3 aromatic rings. The summed E-state index contributed by atoms with van der Waals surface area (Å²) in [5, 5.41) is 15.2. The van der Waals surface area contributed by atoms with Gasteiger partial charge >= 0.3 is 5.82 Å². The van der Waals surface area contributed by atoms with Crippen molar-refractivity contribution in [3.8, 4) is 11.4 Å². The number of aromatic nitrogens is 2. The Bertz CT molecular complexity index is 1340. The topological polar surface area (TPSA) is 148 Å². The lowest BCUT2D eigenvalue weighted by Gasteiger charge is -2.29. The van der Waals surface area contributed by atoms with Crippen LogP contribution in [0, 0.1) is 10.1 Å². The van der Waals surface area contributed by atoms with Crippen molar-refractivity contribution in [2.24, 2.45) is 0 Å². The van der Waals surface area contributed by atoms with Crippen molar-refractivity contribution in [2.75, 3.05) is 19.5 Å². The van der Waals surface area contributed by atoms with E-state index in [0.717, 1.165) is 15.6 Å². The number of ether oxygens (including phenoxy) is 1. The summed E-state index contributed by atoms with van der Waals surface area (Å²) in [6, 6.07) is 9.05. The molecule has 2 aromatic heterocycles. The molecule has 0 spiro atoms. The van der Waals surface area contributed by atoms with Gasteiger partial charge in [-0.15, -0.1) is 11.3 Å². The number of hydrogen-bond acceptors (Lipinski definition) is 8. The number of H-pyrrole nitrogens is 1. The van der Waals surface area contributed by atoms with Crippen LogP contribution in [-0.2, 0) is 19.6 Å². The highest BCUT2D eigenvalue weighted by Gasteiger charge is 2.38. The van der Waals surface area contributed by atoms with Crippen molar-refractivity contribution < 1.29 is 22.9 Å². The maximum Gasteiger partial charge on any atom is 0.321 e. The van der Waals surface area contributed by atoms with E-state index in [1.807, 2.05) is 0 Å². The van der Waals surface area contributed by atoms with Gasteiger partial charge in [-0.3, -0.25) is 14.4 Å². The van der Waals surface area contributed by atoms with Crippen molar-refractivity contribution in [1.82, 2.24) is 14.3 Å². The maximum atomic E-state index is 13.0. The number of nitrogens with one attached hydrogen (secondary N) is 2. The fourth-order valence-corrected chi connectivity index (χ4v) is 5.22. The Labute approximate surface area is 180 Å². The Morgan fingerprint density at radius 1 is 1.29 bits per heavy atom. The van der Waals surface area contributed by atoms with Crippen LogP contribution in [-0.4, -0.2) is 47.7 Å². The average molecular weight is 461 g/mol. The second kappa shape index (κ2) is 7.52. The lowest BCUT2D eigenvalue weighted by molar-refractivity contribution is -0.389. The first-order chi connectivity index (χ1) is 14.7. The zero-order valence-electron chi connectivity index (χ0n) is 16.1. The van der Waals surface area contributed by atoms with Crippen LogP contribution >= 0.6 is 11.3 Å². The van der Waals surface area contributed by atoms with Gasteiger partial charge in [-0.25, -0.2) is 18.4 Å². The third-order valence-corrected chi connectivity index (χ3v) is 7.16. The monoisotopic (exact) mass is 461 g/mol. The summed E-state index contributed by atoms with van der Waals surface area (Å²) in [6.07, 6.45) is 0. The number of sulfonamides is 1. The van der Waals surface area contributed by atoms with E-state index in [0.29, 0.717) is 11.4 Å². The van der Waals surface area contributed by atoms with Gasteiger partial charge < -0.3 is 14.9 Å². The number of nitro groups is 1. The smallest absolute Gasteiger partial charge is 0.321 e. The molecule has 11 nitrogen and oxygen atoms in total. The molecule has 1 aromatic carbocycles. The first-order valence-electron chi connectivity index (χ1n) is 8.71. The summed E-state index contributed by atoms with van der Waals surface area (Å²) in [5.74, 6) is -0.797. The number of carbonyl (C=O) groups is 1. The van der Waals surface area contributed by atoms with Crippen molar-refractivity contribution in [3.05, 3.63) is 63.2 Å². The first kappa shape index (κ1) is 20.6. The molecular weight excluding hydrogens is 446 g/mol. The number of anilines is 1. The van der Waals surface area contributed by atoms with Gasteiger partial charge in [-0.2, -0.15) is 0 Å². The predicted octanol–water partition coefficient (Wildman–Crippen LogP) is 2.63. The molecule has 1 amide bonds.